The van der Waals surface area contributed by atoms with Gasteiger partial charge in [-0.05, 0) is 54.6 Å². The second kappa shape index (κ2) is 10.8. The molecule has 4 rings (SSSR count). The molecule has 0 aliphatic carbocycles. The van der Waals surface area contributed by atoms with E-state index in [0.717, 1.165) is 15.7 Å². The van der Waals surface area contributed by atoms with Crippen molar-refractivity contribution in [2.75, 3.05) is 5.75 Å². The van der Waals surface area contributed by atoms with Crippen molar-refractivity contribution in [3.8, 4) is 17.1 Å². The van der Waals surface area contributed by atoms with E-state index in [-0.39, 0.29) is 17.2 Å². The standard InChI is InChI=1S/C22H15Br2FN6OS/c23-16-3-6-18(7-4-16)31-21(14-2-1-9-26-11-14)29-30-22(31)33-13-20(32)28-27-12-15-10-17(24)5-8-19(15)25/h1-12H,13H2,(H,28,32). The molecule has 2 aromatic heterocycles. The number of amides is 1. The minimum atomic E-state index is -0.434. The van der Waals surface area contributed by atoms with Gasteiger partial charge in [0.1, 0.15) is 5.82 Å². The Labute approximate surface area is 209 Å². The van der Waals surface area contributed by atoms with E-state index in [2.05, 4.69) is 57.6 Å². The van der Waals surface area contributed by atoms with Crippen LogP contribution in [0.5, 0.6) is 0 Å². The maximum atomic E-state index is 13.8. The van der Waals surface area contributed by atoms with Crippen molar-refractivity contribution in [3.05, 3.63) is 87.3 Å². The lowest BCUT2D eigenvalue weighted by Crippen LogP contribution is -2.20. The van der Waals surface area contributed by atoms with Crippen LogP contribution in [0.3, 0.4) is 0 Å². The second-order valence-corrected chi connectivity index (χ2v) is 9.38. The highest BCUT2D eigenvalue weighted by molar-refractivity contribution is 9.10. The Bertz CT molecular complexity index is 1300. The summed E-state index contributed by atoms with van der Waals surface area (Å²) in [6, 6.07) is 15.9. The van der Waals surface area contributed by atoms with E-state index in [1.807, 2.05) is 41.0 Å². The highest BCUT2D eigenvalue weighted by Crippen LogP contribution is 2.28. The summed E-state index contributed by atoms with van der Waals surface area (Å²) in [7, 11) is 0. The lowest BCUT2D eigenvalue weighted by Gasteiger charge is -2.10. The Morgan fingerprint density at radius 1 is 1.12 bits per heavy atom. The minimum Gasteiger partial charge on any atom is -0.272 e. The molecule has 0 saturated heterocycles. The summed E-state index contributed by atoms with van der Waals surface area (Å²) >= 11 is 7.93. The van der Waals surface area contributed by atoms with Gasteiger partial charge in [0.15, 0.2) is 11.0 Å². The molecule has 0 radical (unpaired) electrons. The summed E-state index contributed by atoms with van der Waals surface area (Å²) in [5, 5.41) is 13.0. The third-order valence-electron chi connectivity index (χ3n) is 4.32. The van der Waals surface area contributed by atoms with Crippen LogP contribution in [0.4, 0.5) is 4.39 Å². The highest BCUT2D eigenvalue weighted by Gasteiger charge is 2.17. The molecule has 0 aliphatic heterocycles. The third kappa shape index (κ3) is 5.92. The normalized spacial score (nSPS) is 11.1. The van der Waals surface area contributed by atoms with Crippen molar-refractivity contribution in [1.82, 2.24) is 25.2 Å². The fourth-order valence-corrected chi connectivity index (χ4v) is 4.21. The Kier molecular flexibility index (Phi) is 7.63. The number of hydrazone groups is 1. The van der Waals surface area contributed by atoms with E-state index in [1.54, 1.807) is 24.5 Å². The maximum Gasteiger partial charge on any atom is 0.250 e. The number of halogens is 3. The maximum absolute atomic E-state index is 13.8. The summed E-state index contributed by atoms with van der Waals surface area (Å²) in [6.07, 6.45) is 4.65. The first kappa shape index (κ1) is 23.3. The van der Waals surface area contributed by atoms with Gasteiger partial charge in [-0.1, -0.05) is 43.6 Å². The van der Waals surface area contributed by atoms with Crippen LogP contribution in [0.2, 0.25) is 0 Å². The van der Waals surface area contributed by atoms with Crippen LogP contribution in [0.15, 0.2) is 86.2 Å². The lowest BCUT2D eigenvalue weighted by molar-refractivity contribution is -0.118. The summed E-state index contributed by atoms with van der Waals surface area (Å²) < 4.78 is 17.3. The molecule has 2 aromatic carbocycles. The molecule has 1 N–H and O–H groups in total. The first-order valence-electron chi connectivity index (χ1n) is 9.53. The van der Waals surface area contributed by atoms with Crippen LogP contribution in [0.25, 0.3) is 17.1 Å². The van der Waals surface area contributed by atoms with Gasteiger partial charge in [-0.25, -0.2) is 9.82 Å². The van der Waals surface area contributed by atoms with E-state index < -0.39 is 5.82 Å². The summed E-state index contributed by atoms with van der Waals surface area (Å²) in [5.74, 6) is -0.146. The molecule has 0 spiro atoms. The van der Waals surface area contributed by atoms with Crippen LogP contribution in [0.1, 0.15) is 5.56 Å². The average molecular weight is 590 g/mol. The molecule has 166 valence electrons. The molecule has 11 heteroatoms. The van der Waals surface area contributed by atoms with Crippen molar-refractivity contribution in [3.63, 3.8) is 0 Å². The molecule has 7 nitrogen and oxygen atoms in total. The highest BCUT2D eigenvalue weighted by atomic mass is 79.9. The largest absolute Gasteiger partial charge is 0.272 e. The molecule has 0 bridgehead atoms. The predicted molar refractivity (Wildman–Crippen MR) is 133 cm³/mol. The van der Waals surface area contributed by atoms with Crippen molar-refractivity contribution >= 4 is 55.7 Å². The van der Waals surface area contributed by atoms with Gasteiger partial charge in [0.25, 0.3) is 5.91 Å². The number of carbonyl (C=O) groups excluding carboxylic acids is 1. The van der Waals surface area contributed by atoms with Gasteiger partial charge in [-0.2, -0.15) is 5.10 Å². The number of hydrogen-bond donors (Lipinski definition) is 1. The van der Waals surface area contributed by atoms with Crippen molar-refractivity contribution in [2.45, 2.75) is 5.16 Å². The van der Waals surface area contributed by atoms with Gasteiger partial charge < -0.3 is 0 Å². The van der Waals surface area contributed by atoms with Crippen LogP contribution in [0, 0.1) is 5.82 Å². The van der Waals surface area contributed by atoms with E-state index in [1.165, 1.54) is 24.0 Å². The number of aromatic nitrogens is 4. The fourth-order valence-electron chi connectivity index (χ4n) is 2.82. The minimum absolute atomic E-state index is 0.0417. The number of nitrogens with zero attached hydrogens (tertiary/aromatic N) is 5. The quantitative estimate of drug-likeness (QED) is 0.181. The molecule has 0 unspecified atom stereocenters. The molecule has 0 aliphatic rings. The molecular weight excluding hydrogens is 575 g/mol. The predicted octanol–water partition coefficient (Wildman–Crippen LogP) is 5.24. The van der Waals surface area contributed by atoms with E-state index in [9.17, 15) is 9.18 Å². The van der Waals surface area contributed by atoms with Crippen LogP contribution < -0.4 is 5.43 Å². The van der Waals surface area contributed by atoms with Gasteiger partial charge in [-0.3, -0.25) is 14.3 Å². The molecule has 0 fully saturated rings. The first-order valence-corrected chi connectivity index (χ1v) is 12.1. The first-order chi connectivity index (χ1) is 16.0. The van der Waals surface area contributed by atoms with Crippen molar-refractivity contribution < 1.29 is 9.18 Å². The zero-order chi connectivity index (χ0) is 23.2. The molecule has 33 heavy (non-hydrogen) atoms. The zero-order valence-electron chi connectivity index (χ0n) is 16.8. The van der Waals surface area contributed by atoms with Crippen molar-refractivity contribution in [1.29, 1.82) is 0 Å². The average Bonchev–Trinajstić information content (AvgIpc) is 3.25. The summed E-state index contributed by atoms with van der Waals surface area (Å²) in [6.45, 7) is 0. The topological polar surface area (TPSA) is 85.1 Å². The smallest absolute Gasteiger partial charge is 0.250 e. The van der Waals surface area contributed by atoms with Gasteiger partial charge >= 0.3 is 0 Å². The molecule has 2 heterocycles. The molecular formula is C22H15Br2FN6OS. The molecule has 0 saturated carbocycles. The van der Waals surface area contributed by atoms with Gasteiger partial charge in [0.2, 0.25) is 0 Å². The van der Waals surface area contributed by atoms with Crippen LogP contribution in [-0.4, -0.2) is 37.6 Å². The number of benzene rings is 2. The van der Waals surface area contributed by atoms with E-state index >= 15 is 0 Å². The molecule has 4 aromatic rings. The number of pyridine rings is 1. The van der Waals surface area contributed by atoms with Crippen LogP contribution >= 0.6 is 43.6 Å². The Hall–Kier alpha value is -2.89. The summed E-state index contributed by atoms with van der Waals surface area (Å²) in [5.41, 5.74) is 4.30. The fraction of sp³-hybridized carbons (Fsp3) is 0.0455. The molecule has 0 atom stereocenters. The van der Waals surface area contributed by atoms with E-state index in [4.69, 9.17) is 0 Å². The Morgan fingerprint density at radius 3 is 2.67 bits per heavy atom. The number of nitrogens with one attached hydrogen (secondary N) is 1. The molecule has 1 amide bonds. The Morgan fingerprint density at radius 2 is 1.91 bits per heavy atom. The number of rotatable bonds is 7. The number of thioether (sulfide) groups is 1. The monoisotopic (exact) mass is 588 g/mol. The second-order valence-electron chi connectivity index (χ2n) is 6.61. The number of carbonyl (C=O) groups is 1. The van der Waals surface area contributed by atoms with Crippen LogP contribution in [-0.2, 0) is 4.79 Å². The Balaban J connectivity index is 1.50. The van der Waals surface area contributed by atoms with Gasteiger partial charge in [-0.15, -0.1) is 10.2 Å². The zero-order valence-corrected chi connectivity index (χ0v) is 20.8. The van der Waals surface area contributed by atoms with Gasteiger partial charge in [0.05, 0.1) is 12.0 Å². The van der Waals surface area contributed by atoms with E-state index in [0.29, 0.717) is 15.5 Å². The third-order valence-corrected chi connectivity index (χ3v) is 6.27. The summed E-state index contributed by atoms with van der Waals surface area (Å²) in [4.78, 5) is 16.5. The van der Waals surface area contributed by atoms with Crippen molar-refractivity contribution in [2.24, 2.45) is 5.10 Å². The lowest BCUT2D eigenvalue weighted by atomic mass is 10.2. The van der Waals surface area contributed by atoms with Gasteiger partial charge in [0, 0.05) is 38.2 Å². The SMILES string of the molecule is O=C(CSc1nnc(-c2cccnc2)n1-c1ccc(Br)cc1)NN=Cc1cc(Br)ccc1F. The number of hydrogen-bond acceptors (Lipinski definition) is 6.